The maximum absolute atomic E-state index is 11.0. The topological polar surface area (TPSA) is 32.3 Å². The lowest BCUT2D eigenvalue weighted by atomic mass is 9.98. The van der Waals surface area contributed by atoms with Gasteiger partial charge in [-0.15, -0.1) is 0 Å². The molecule has 2 aliphatic heterocycles. The van der Waals surface area contributed by atoms with Crippen molar-refractivity contribution in [2.45, 2.75) is 26.2 Å². The van der Waals surface area contributed by atoms with Crippen LogP contribution in [0, 0.1) is 11.8 Å². The molecule has 2 fully saturated rings. The molecule has 0 aromatic heterocycles. The maximum Gasteiger partial charge on any atom is 0.220 e. The third kappa shape index (κ3) is 2.47. The zero-order valence-corrected chi connectivity index (χ0v) is 8.96. The lowest BCUT2D eigenvalue weighted by Gasteiger charge is -2.31. The van der Waals surface area contributed by atoms with Gasteiger partial charge in [-0.1, -0.05) is 6.92 Å². The van der Waals surface area contributed by atoms with Crippen molar-refractivity contribution in [2.24, 2.45) is 11.8 Å². The van der Waals surface area contributed by atoms with Crippen molar-refractivity contribution < 1.29 is 4.79 Å². The molecular weight excluding hydrogens is 176 g/mol. The highest BCUT2D eigenvalue weighted by Crippen LogP contribution is 2.18. The molecule has 2 aliphatic rings. The minimum absolute atomic E-state index is 0.236. The number of carbonyl (C=O) groups is 1. The van der Waals surface area contributed by atoms with Crippen molar-refractivity contribution in [2.75, 3.05) is 26.2 Å². The third-order valence-electron chi connectivity index (χ3n) is 3.45. The van der Waals surface area contributed by atoms with Gasteiger partial charge < -0.3 is 10.2 Å². The SMILES string of the molecule is CC1CCN(CC2CNC(=O)C2)CC1. The van der Waals surface area contributed by atoms with E-state index in [4.69, 9.17) is 0 Å². The third-order valence-corrected chi connectivity index (χ3v) is 3.45. The summed E-state index contributed by atoms with van der Waals surface area (Å²) in [4.78, 5) is 13.5. The standard InChI is InChI=1S/C11H20N2O/c1-9-2-4-13(5-3-9)8-10-6-11(14)12-7-10/h9-10H,2-8H2,1H3,(H,12,14). The Morgan fingerprint density at radius 3 is 2.71 bits per heavy atom. The van der Waals surface area contributed by atoms with Gasteiger partial charge in [0.1, 0.15) is 0 Å². The highest BCUT2D eigenvalue weighted by Gasteiger charge is 2.25. The van der Waals surface area contributed by atoms with Crippen molar-refractivity contribution in [3.8, 4) is 0 Å². The molecule has 0 spiro atoms. The second kappa shape index (κ2) is 4.30. The minimum Gasteiger partial charge on any atom is -0.356 e. The van der Waals surface area contributed by atoms with E-state index in [1.54, 1.807) is 0 Å². The van der Waals surface area contributed by atoms with E-state index in [-0.39, 0.29) is 5.91 Å². The predicted molar refractivity (Wildman–Crippen MR) is 56.0 cm³/mol. The number of likely N-dealkylation sites (tertiary alicyclic amines) is 1. The molecular formula is C11H20N2O. The Kier molecular flexibility index (Phi) is 3.06. The van der Waals surface area contributed by atoms with Gasteiger partial charge in [-0.2, -0.15) is 0 Å². The summed E-state index contributed by atoms with van der Waals surface area (Å²) in [5.74, 6) is 1.70. The summed E-state index contributed by atoms with van der Waals surface area (Å²) < 4.78 is 0. The maximum atomic E-state index is 11.0. The summed E-state index contributed by atoms with van der Waals surface area (Å²) in [7, 11) is 0. The molecule has 0 radical (unpaired) electrons. The number of nitrogens with one attached hydrogen (secondary N) is 1. The van der Waals surface area contributed by atoms with Gasteiger partial charge in [0.15, 0.2) is 0 Å². The second-order valence-electron chi connectivity index (χ2n) is 4.86. The van der Waals surface area contributed by atoms with Crippen LogP contribution in [0.5, 0.6) is 0 Å². The normalized spacial score (nSPS) is 30.6. The monoisotopic (exact) mass is 196 g/mol. The molecule has 0 saturated carbocycles. The van der Waals surface area contributed by atoms with Crippen LogP contribution in [0.3, 0.4) is 0 Å². The lowest BCUT2D eigenvalue weighted by molar-refractivity contribution is -0.119. The van der Waals surface area contributed by atoms with Crippen LogP contribution in [-0.2, 0) is 4.79 Å². The molecule has 1 atom stereocenters. The van der Waals surface area contributed by atoms with Crippen LogP contribution in [0.2, 0.25) is 0 Å². The molecule has 0 aliphatic carbocycles. The van der Waals surface area contributed by atoms with E-state index in [0.717, 1.165) is 25.4 Å². The fourth-order valence-electron chi connectivity index (χ4n) is 2.40. The summed E-state index contributed by atoms with van der Waals surface area (Å²) in [6.07, 6.45) is 3.40. The Bertz CT molecular complexity index is 209. The summed E-state index contributed by atoms with van der Waals surface area (Å²) in [5, 5.41) is 2.90. The van der Waals surface area contributed by atoms with Crippen LogP contribution in [0.25, 0.3) is 0 Å². The van der Waals surface area contributed by atoms with E-state index in [1.165, 1.54) is 25.9 Å². The summed E-state index contributed by atoms with van der Waals surface area (Å²) in [6.45, 7) is 6.80. The molecule has 3 nitrogen and oxygen atoms in total. The van der Waals surface area contributed by atoms with Crippen LogP contribution < -0.4 is 5.32 Å². The molecule has 80 valence electrons. The molecule has 3 heteroatoms. The molecule has 0 bridgehead atoms. The second-order valence-corrected chi connectivity index (χ2v) is 4.86. The van der Waals surface area contributed by atoms with Gasteiger partial charge in [-0.25, -0.2) is 0 Å². The first-order chi connectivity index (χ1) is 6.74. The number of hydrogen-bond acceptors (Lipinski definition) is 2. The van der Waals surface area contributed by atoms with Crippen molar-refractivity contribution in [1.29, 1.82) is 0 Å². The predicted octanol–water partition coefficient (Wildman–Crippen LogP) is 0.854. The van der Waals surface area contributed by atoms with Gasteiger partial charge in [-0.05, 0) is 37.8 Å². The van der Waals surface area contributed by atoms with Crippen molar-refractivity contribution in [1.82, 2.24) is 10.2 Å². The molecule has 1 N–H and O–H groups in total. The average molecular weight is 196 g/mol. The van der Waals surface area contributed by atoms with Gasteiger partial charge >= 0.3 is 0 Å². The summed E-state index contributed by atoms with van der Waals surface area (Å²) in [6, 6.07) is 0. The number of nitrogens with zero attached hydrogens (tertiary/aromatic N) is 1. The quantitative estimate of drug-likeness (QED) is 0.710. The Balaban J connectivity index is 1.72. The van der Waals surface area contributed by atoms with Gasteiger partial charge in [0, 0.05) is 19.5 Å². The first kappa shape index (κ1) is 9.97. The van der Waals surface area contributed by atoms with Crippen LogP contribution in [-0.4, -0.2) is 37.0 Å². The molecule has 0 aromatic carbocycles. The molecule has 14 heavy (non-hydrogen) atoms. The smallest absolute Gasteiger partial charge is 0.220 e. The Hall–Kier alpha value is -0.570. The van der Waals surface area contributed by atoms with E-state index in [2.05, 4.69) is 17.1 Å². The molecule has 2 heterocycles. The number of carbonyl (C=O) groups excluding carboxylic acids is 1. The van der Waals surface area contributed by atoms with Gasteiger partial charge in [0.2, 0.25) is 5.91 Å². The van der Waals surface area contributed by atoms with Crippen LogP contribution in [0.4, 0.5) is 0 Å². The van der Waals surface area contributed by atoms with Crippen LogP contribution in [0.15, 0.2) is 0 Å². The molecule has 2 rings (SSSR count). The molecule has 1 amide bonds. The number of amides is 1. The lowest BCUT2D eigenvalue weighted by Crippen LogP contribution is -2.37. The van der Waals surface area contributed by atoms with Gasteiger partial charge in [0.05, 0.1) is 0 Å². The molecule has 2 saturated heterocycles. The molecule has 1 unspecified atom stereocenters. The zero-order valence-electron chi connectivity index (χ0n) is 8.96. The average Bonchev–Trinajstić information content (AvgIpc) is 2.56. The highest BCUT2D eigenvalue weighted by molar-refractivity contribution is 5.78. The highest BCUT2D eigenvalue weighted by atomic mass is 16.1. The van der Waals surface area contributed by atoms with E-state index in [9.17, 15) is 4.79 Å². The Morgan fingerprint density at radius 2 is 2.14 bits per heavy atom. The van der Waals surface area contributed by atoms with Crippen molar-refractivity contribution >= 4 is 5.91 Å². The first-order valence-electron chi connectivity index (χ1n) is 5.73. The van der Waals surface area contributed by atoms with Gasteiger partial charge in [-0.3, -0.25) is 4.79 Å². The van der Waals surface area contributed by atoms with Crippen molar-refractivity contribution in [3.05, 3.63) is 0 Å². The Labute approximate surface area is 85.8 Å². The van der Waals surface area contributed by atoms with E-state index in [1.807, 2.05) is 0 Å². The van der Waals surface area contributed by atoms with Gasteiger partial charge in [0.25, 0.3) is 0 Å². The van der Waals surface area contributed by atoms with Crippen LogP contribution >= 0.6 is 0 Å². The largest absolute Gasteiger partial charge is 0.356 e. The zero-order chi connectivity index (χ0) is 9.97. The molecule has 0 aromatic rings. The fraction of sp³-hybridized carbons (Fsp3) is 0.909. The number of piperidine rings is 1. The number of rotatable bonds is 2. The first-order valence-corrected chi connectivity index (χ1v) is 5.73. The Morgan fingerprint density at radius 1 is 1.43 bits per heavy atom. The van der Waals surface area contributed by atoms with E-state index >= 15 is 0 Å². The van der Waals surface area contributed by atoms with Crippen molar-refractivity contribution in [3.63, 3.8) is 0 Å². The summed E-state index contributed by atoms with van der Waals surface area (Å²) in [5.41, 5.74) is 0. The fourth-order valence-corrected chi connectivity index (χ4v) is 2.40. The number of hydrogen-bond donors (Lipinski definition) is 1. The van der Waals surface area contributed by atoms with E-state index < -0.39 is 0 Å². The minimum atomic E-state index is 0.236. The summed E-state index contributed by atoms with van der Waals surface area (Å²) >= 11 is 0. The van der Waals surface area contributed by atoms with Crippen LogP contribution in [0.1, 0.15) is 26.2 Å². The van der Waals surface area contributed by atoms with E-state index in [0.29, 0.717) is 5.92 Å².